The van der Waals surface area contributed by atoms with Crippen LogP contribution in [0.4, 0.5) is 5.69 Å². The lowest BCUT2D eigenvalue weighted by atomic mass is 10.1. The number of aliphatic hydroxyl groups excluding tert-OH is 1. The summed E-state index contributed by atoms with van der Waals surface area (Å²) in [6.45, 7) is 4.17. The van der Waals surface area contributed by atoms with Crippen LogP contribution >= 0.6 is 0 Å². The number of para-hydroxylation sites is 1. The van der Waals surface area contributed by atoms with Gasteiger partial charge in [0, 0.05) is 30.9 Å². The van der Waals surface area contributed by atoms with E-state index in [1.54, 1.807) is 6.92 Å². The van der Waals surface area contributed by atoms with Crippen LogP contribution in [0.15, 0.2) is 29.3 Å². The SMILES string of the molecule is CC(O)CNc1ccccc1C1=NCCCN1. The Morgan fingerprint density at radius 2 is 2.29 bits per heavy atom. The molecule has 17 heavy (non-hydrogen) atoms. The zero-order chi connectivity index (χ0) is 12.1. The Morgan fingerprint density at radius 1 is 1.47 bits per heavy atom. The van der Waals surface area contributed by atoms with E-state index >= 15 is 0 Å². The molecule has 0 saturated heterocycles. The molecule has 1 aromatic carbocycles. The second kappa shape index (κ2) is 5.68. The fourth-order valence-electron chi connectivity index (χ4n) is 1.81. The topological polar surface area (TPSA) is 56.6 Å². The summed E-state index contributed by atoms with van der Waals surface area (Å²) in [4.78, 5) is 4.49. The number of aliphatic imine (C=N–C) groups is 1. The summed E-state index contributed by atoms with van der Waals surface area (Å²) in [6.07, 6.45) is 0.733. The van der Waals surface area contributed by atoms with Crippen LogP contribution in [0.25, 0.3) is 0 Å². The summed E-state index contributed by atoms with van der Waals surface area (Å²) < 4.78 is 0. The maximum absolute atomic E-state index is 9.31. The third kappa shape index (κ3) is 3.20. The molecule has 0 amide bonds. The van der Waals surface area contributed by atoms with Crippen molar-refractivity contribution in [2.45, 2.75) is 19.4 Å². The van der Waals surface area contributed by atoms with E-state index in [1.807, 2.05) is 24.3 Å². The predicted molar refractivity (Wildman–Crippen MR) is 70.6 cm³/mol. The highest BCUT2D eigenvalue weighted by molar-refractivity contribution is 6.03. The zero-order valence-electron chi connectivity index (χ0n) is 10.1. The van der Waals surface area contributed by atoms with Gasteiger partial charge in [-0.1, -0.05) is 12.1 Å². The fourth-order valence-corrected chi connectivity index (χ4v) is 1.81. The minimum Gasteiger partial charge on any atom is -0.392 e. The van der Waals surface area contributed by atoms with Crippen molar-refractivity contribution in [2.24, 2.45) is 4.99 Å². The first-order chi connectivity index (χ1) is 8.27. The average molecular weight is 233 g/mol. The molecule has 0 spiro atoms. The van der Waals surface area contributed by atoms with Gasteiger partial charge in [0.1, 0.15) is 5.84 Å². The predicted octanol–water partition coefficient (Wildman–Crippen LogP) is 1.22. The van der Waals surface area contributed by atoms with Gasteiger partial charge in [-0.15, -0.1) is 0 Å². The van der Waals surface area contributed by atoms with Gasteiger partial charge in [-0.2, -0.15) is 0 Å². The molecule has 0 saturated carbocycles. The molecule has 1 aromatic rings. The van der Waals surface area contributed by atoms with Crippen molar-refractivity contribution in [1.29, 1.82) is 0 Å². The Labute approximate surface area is 102 Å². The van der Waals surface area contributed by atoms with E-state index < -0.39 is 0 Å². The normalized spacial score (nSPS) is 16.9. The van der Waals surface area contributed by atoms with E-state index in [0.29, 0.717) is 6.54 Å². The maximum Gasteiger partial charge on any atom is 0.130 e. The van der Waals surface area contributed by atoms with Crippen molar-refractivity contribution in [3.63, 3.8) is 0 Å². The van der Waals surface area contributed by atoms with Crippen LogP contribution in [0.5, 0.6) is 0 Å². The van der Waals surface area contributed by atoms with Gasteiger partial charge in [0.05, 0.1) is 6.10 Å². The number of nitrogens with zero attached hydrogens (tertiary/aromatic N) is 1. The molecule has 1 unspecified atom stereocenters. The van der Waals surface area contributed by atoms with Gasteiger partial charge in [-0.3, -0.25) is 4.99 Å². The molecule has 4 heteroatoms. The molecular formula is C13H19N3O. The quantitative estimate of drug-likeness (QED) is 0.733. The number of benzene rings is 1. The lowest BCUT2D eigenvalue weighted by Gasteiger charge is -2.18. The maximum atomic E-state index is 9.31. The Kier molecular flexibility index (Phi) is 3.98. The minimum atomic E-state index is -0.357. The van der Waals surface area contributed by atoms with Gasteiger partial charge in [-0.05, 0) is 25.5 Å². The fraction of sp³-hybridized carbons (Fsp3) is 0.462. The Hall–Kier alpha value is -1.55. The van der Waals surface area contributed by atoms with E-state index in [4.69, 9.17) is 0 Å². The average Bonchev–Trinajstić information content (AvgIpc) is 2.38. The first-order valence-corrected chi connectivity index (χ1v) is 6.07. The number of hydrogen-bond acceptors (Lipinski definition) is 4. The molecule has 3 N–H and O–H groups in total. The van der Waals surface area contributed by atoms with E-state index in [9.17, 15) is 5.11 Å². The second-order valence-corrected chi connectivity index (χ2v) is 4.29. The largest absolute Gasteiger partial charge is 0.392 e. The van der Waals surface area contributed by atoms with Crippen molar-refractivity contribution in [2.75, 3.05) is 25.0 Å². The third-order valence-electron chi connectivity index (χ3n) is 2.67. The molecule has 1 aliphatic rings. The summed E-state index contributed by atoms with van der Waals surface area (Å²) in [7, 11) is 0. The summed E-state index contributed by atoms with van der Waals surface area (Å²) in [5.74, 6) is 0.949. The Morgan fingerprint density at radius 3 is 3.00 bits per heavy atom. The number of nitrogens with one attached hydrogen (secondary N) is 2. The van der Waals surface area contributed by atoms with E-state index in [-0.39, 0.29) is 6.10 Å². The molecule has 1 heterocycles. The van der Waals surface area contributed by atoms with Crippen LogP contribution < -0.4 is 10.6 Å². The smallest absolute Gasteiger partial charge is 0.130 e. The molecule has 0 aromatic heterocycles. The zero-order valence-corrected chi connectivity index (χ0v) is 10.1. The summed E-state index contributed by atoms with van der Waals surface area (Å²) in [5, 5.41) is 15.9. The molecular weight excluding hydrogens is 214 g/mol. The summed E-state index contributed by atoms with van der Waals surface area (Å²) in [6, 6.07) is 8.04. The van der Waals surface area contributed by atoms with Crippen molar-refractivity contribution in [3.8, 4) is 0 Å². The number of rotatable bonds is 4. The monoisotopic (exact) mass is 233 g/mol. The van der Waals surface area contributed by atoms with Crippen LogP contribution in [0.3, 0.4) is 0 Å². The van der Waals surface area contributed by atoms with Gasteiger partial charge < -0.3 is 15.7 Å². The van der Waals surface area contributed by atoms with Crippen molar-refractivity contribution in [3.05, 3.63) is 29.8 Å². The van der Waals surface area contributed by atoms with Gasteiger partial charge in [0.2, 0.25) is 0 Å². The molecule has 1 atom stereocenters. The molecule has 0 bridgehead atoms. The number of aliphatic hydroxyl groups is 1. The molecule has 0 fully saturated rings. The van der Waals surface area contributed by atoms with Crippen LogP contribution in [-0.2, 0) is 0 Å². The van der Waals surface area contributed by atoms with Crippen molar-refractivity contribution < 1.29 is 5.11 Å². The highest BCUT2D eigenvalue weighted by Gasteiger charge is 2.11. The van der Waals surface area contributed by atoms with Crippen molar-refractivity contribution >= 4 is 11.5 Å². The van der Waals surface area contributed by atoms with Crippen LogP contribution in [0.2, 0.25) is 0 Å². The number of hydrogen-bond donors (Lipinski definition) is 3. The standard InChI is InChI=1S/C13H19N3O/c1-10(17)9-16-12-6-3-2-5-11(12)13-14-7-4-8-15-13/h2-3,5-6,10,16-17H,4,7-9H2,1H3,(H,14,15). The highest BCUT2D eigenvalue weighted by Crippen LogP contribution is 2.16. The first kappa shape index (κ1) is 11.9. The summed E-state index contributed by atoms with van der Waals surface area (Å²) >= 11 is 0. The molecule has 0 aliphatic carbocycles. The van der Waals surface area contributed by atoms with Crippen LogP contribution in [-0.4, -0.2) is 36.7 Å². The van der Waals surface area contributed by atoms with Gasteiger partial charge >= 0.3 is 0 Å². The highest BCUT2D eigenvalue weighted by atomic mass is 16.3. The minimum absolute atomic E-state index is 0.357. The van der Waals surface area contributed by atoms with E-state index in [2.05, 4.69) is 15.6 Å². The van der Waals surface area contributed by atoms with Gasteiger partial charge in [-0.25, -0.2) is 0 Å². The van der Waals surface area contributed by atoms with Gasteiger partial charge in [0.25, 0.3) is 0 Å². The molecule has 4 nitrogen and oxygen atoms in total. The molecule has 92 valence electrons. The molecule has 0 radical (unpaired) electrons. The van der Waals surface area contributed by atoms with E-state index in [1.165, 1.54) is 0 Å². The van der Waals surface area contributed by atoms with Gasteiger partial charge in [0.15, 0.2) is 0 Å². The number of amidine groups is 1. The lowest BCUT2D eigenvalue weighted by molar-refractivity contribution is 0.208. The first-order valence-electron chi connectivity index (χ1n) is 6.07. The van der Waals surface area contributed by atoms with Crippen molar-refractivity contribution in [1.82, 2.24) is 5.32 Å². The number of anilines is 1. The lowest BCUT2D eigenvalue weighted by Crippen LogP contribution is -2.31. The van der Waals surface area contributed by atoms with Crippen LogP contribution in [0, 0.1) is 0 Å². The van der Waals surface area contributed by atoms with E-state index in [0.717, 1.165) is 36.6 Å². The third-order valence-corrected chi connectivity index (χ3v) is 2.67. The molecule has 2 rings (SSSR count). The van der Waals surface area contributed by atoms with Crippen LogP contribution in [0.1, 0.15) is 18.9 Å². The summed E-state index contributed by atoms with van der Waals surface area (Å²) in [5.41, 5.74) is 2.09. The Balaban J connectivity index is 2.17. The second-order valence-electron chi connectivity index (χ2n) is 4.29. The molecule has 1 aliphatic heterocycles. The Bertz CT molecular complexity index is 401.